The highest BCUT2D eigenvalue weighted by Gasteiger charge is 2.47. The molecule has 178 valence electrons. The lowest BCUT2D eigenvalue weighted by Gasteiger charge is -2.35. The number of para-hydroxylation sites is 1. The Morgan fingerprint density at radius 3 is 2.32 bits per heavy atom. The van der Waals surface area contributed by atoms with E-state index in [4.69, 9.17) is 11.6 Å². The third-order valence-electron chi connectivity index (χ3n) is 6.37. The summed E-state index contributed by atoms with van der Waals surface area (Å²) in [6.45, 7) is 2.23. The van der Waals surface area contributed by atoms with E-state index in [-0.39, 0.29) is 23.8 Å². The highest BCUT2D eigenvalue weighted by Crippen LogP contribution is 2.43. The van der Waals surface area contributed by atoms with E-state index in [1.165, 1.54) is 6.07 Å². The van der Waals surface area contributed by atoms with Gasteiger partial charge in [-0.2, -0.15) is 18.3 Å². The van der Waals surface area contributed by atoms with Crippen molar-refractivity contribution >= 4 is 29.0 Å². The van der Waals surface area contributed by atoms with Gasteiger partial charge in [-0.05, 0) is 29.8 Å². The van der Waals surface area contributed by atoms with Crippen LogP contribution in [0.25, 0.3) is 0 Å². The Balaban J connectivity index is 1.35. The monoisotopic (exact) mass is 489 g/mol. The maximum Gasteiger partial charge on any atom is 0.410 e. The molecular weight excluding hydrogens is 467 g/mol. The van der Waals surface area contributed by atoms with Gasteiger partial charge >= 0.3 is 6.18 Å². The second kappa shape index (κ2) is 8.87. The zero-order valence-corrected chi connectivity index (χ0v) is 18.9. The molecule has 1 amide bonds. The number of carbonyl (C=O) groups excluding carboxylic acids is 1. The lowest BCUT2D eigenvalue weighted by Crippen LogP contribution is -2.49. The minimum Gasteiger partial charge on any atom is -0.368 e. The van der Waals surface area contributed by atoms with Crippen LogP contribution in [0.15, 0.2) is 60.7 Å². The molecule has 10 heteroatoms. The van der Waals surface area contributed by atoms with E-state index in [2.05, 4.69) is 15.3 Å². The number of nitrogens with one attached hydrogen (secondary N) is 1. The second-order valence-electron chi connectivity index (χ2n) is 8.52. The quantitative estimate of drug-likeness (QED) is 0.552. The maximum atomic E-state index is 13.9. The van der Waals surface area contributed by atoms with Crippen molar-refractivity contribution in [1.82, 2.24) is 14.7 Å². The van der Waals surface area contributed by atoms with Crippen LogP contribution in [-0.2, 0) is 0 Å². The van der Waals surface area contributed by atoms with Crippen molar-refractivity contribution in [3.8, 4) is 0 Å². The molecule has 0 saturated carbocycles. The Morgan fingerprint density at radius 2 is 1.68 bits per heavy atom. The van der Waals surface area contributed by atoms with Gasteiger partial charge in [0.15, 0.2) is 11.7 Å². The van der Waals surface area contributed by atoms with Gasteiger partial charge in [0, 0.05) is 49.4 Å². The van der Waals surface area contributed by atoms with Crippen molar-refractivity contribution < 1.29 is 18.0 Å². The van der Waals surface area contributed by atoms with Gasteiger partial charge in [-0.15, -0.1) is 0 Å². The molecule has 6 nitrogen and oxygen atoms in total. The number of carbonyl (C=O) groups is 1. The first-order valence-corrected chi connectivity index (χ1v) is 11.4. The summed E-state index contributed by atoms with van der Waals surface area (Å²) in [5.74, 6) is -0.180. The fourth-order valence-electron chi connectivity index (χ4n) is 4.56. The number of rotatable bonds is 3. The Morgan fingerprint density at radius 1 is 1.00 bits per heavy atom. The summed E-state index contributed by atoms with van der Waals surface area (Å²) >= 11 is 5.93. The van der Waals surface area contributed by atoms with Gasteiger partial charge in [-0.25, -0.2) is 4.68 Å². The Hall–Kier alpha value is -3.20. The molecule has 3 aromatic rings. The van der Waals surface area contributed by atoms with E-state index < -0.39 is 18.3 Å². The highest BCUT2D eigenvalue weighted by molar-refractivity contribution is 6.30. The van der Waals surface area contributed by atoms with Crippen LogP contribution in [0.3, 0.4) is 0 Å². The van der Waals surface area contributed by atoms with Crippen molar-refractivity contribution in [3.05, 3.63) is 76.9 Å². The molecule has 0 aliphatic carbocycles. The number of aromatic nitrogens is 2. The summed E-state index contributed by atoms with van der Waals surface area (Å²) in [6, 6.07) is 15.6. The molecule has 1 N–H and O–H groups in total. The van der Waals surface area contributed by atoms with E-state index in [0.29, 0.717) is 36.8 Å². The average Bonchev–Trinajstić information content (AvgIpc) is 3.27. The summed E-state index contributed by atoms with van der Waals surface area (Å²) < 4.78 is 42.7. The molecule has 2 atom stereocenters. The van der Waals surface area contributed by atoms with Crippen molar-refractivity contribution in [3.63, 3.8) is 0 Å². The number of halogens is 4. The fourth-order valence-corrected chi connectivity index (χ4v) is 4.69. The molecule has 3 heterocycles. The first kappa shape index (κ1) is 22.6. The molecule has 2 aliphatic rings. The standard InChI is InChI=1S/C24H23ClF3N5O/c25-17-8-6-16(7-9-17)19-14-21(24(26,27)28)33-22(29-19)15-20(30-33)23(34)32-12-10-31(11-13-32)18-4-2-1-3-5-18/h1-9,15,19,21,29H,10-14H2/t19-,21-/m1/s1. The first-order valence-electron chi connectivity index (χ1n) is 11.1. The van der Waals surface area contributed by atoms with Crippen LogP contribution in [0.1, 0.15) is 34.6 Å². The van der Waals surface area contributed by atoms with Gasteiger partial charge in [0.05, 0.1) is 6.04 Å². The smallest absolute Gasteiger partial charge is 0.368 e. The van der Waals surface area contributed by atoms with E-state index in [1.807, 2.05) is 30.3 Å². The lowest BCUT2D eigenvalue weighted by molar-refractivity contribution is -0.173. The molecule has 1 fully saturated rings. The topological polar surface area (TPSA) is 53.4 Å². The molecule has 34 heavy (non-hydrogen) atoms. The molecule has 1 saturated heterocycles. The number of nitrogens with zero attached hydrogens (tertiary/aromatic N) is 4. The molecule has 2 aliphatic heterocycles. The largest absolute Gasteiger partial charge is 0.410 e. The number of hydrogen-bond acceptors (Lipinski definition) is 4. The van der Waals surface area contributed by atoms with Crippen LogP contribution in [-0.4, -0.2) is 52.9 Å². The molecule has 1 aromatic heterocycles. The number of piperazine rings is 1. The van der Waals surface area contributed by atoms with Crippen LogP contribution in [0.2, 0.25) is 5.02 Å². The minimum absolute atomic E-state index is 0.0154. The van der Waals surface area contributed by atoms with E-state index >= 15 is 0 Å². The van der Waals surface area contributed by atoms with Crippen LogP contribution in [0, 0.1) is 0 Å². The number of fused-ring (bicyclic) bond motifs is 1. The SMILES string of the molecule is O=C(c1cc2n(n1)[C@@H](C(F)(F)F)C[C@H](c1ccc(Cl)cc1)N2)N1CCN(c2ccccc2)CC1. The third-order valence-corrected chi connectivity index (χ3v) is 6.62. The van der Waals surface area contributed by atoms with Gasteiger partial charge < -0.3 is 15.1 Å². The normalized spacial score (nSPS) is 20.6. The summed E-state index contributed by atoms with van der Waals surface area (Å²) in [4.78, 5) is 16.9. The number of anilines is 2. The van der Waals surface area contributed by atoms with E-state index in [9.17, 15) is 18.0 Å². The van der Waals surface area contributed by atoms with Crippen molar-refractivity contribution in [2.75, 3.05) is 36.4 Å². The molecular formula is C24H23ClF3N5O. The van der Waals surface area contributed by atoms with Crippen LogP contribution < -0.4 is 10.2 Å². The second-order valence-corrected chi connectivity index (χ2v) is 8.95. The molecule has 5 rings (SSSR count). The predicted octanol–water partition coefficient (Wildman–Crippen LogP) is 5.16. The summed E-state index contributed by atoms with van der Waals surface area (Å²) in [5, 5.41) is 7.73. The highest BCUT2D eigenvalue weighted by atomic mass is 35.5. The number of benzene rings is 2. The predicted molar refractivity (Wildman–Crippen MR) is 124 cm³/mol. The summed E-state index contributed by atoms with van der Waals surface area (Å²) in [6.07, 6.45) is -4.74. The molecule has 0 unspecified atom stereocenters. The lowest BCUT2D eigenvalue weighted by atomic mass is 9.97. The molecule has 0 bridgehead atoms. The van der Waals surface area contributed by atoms with E-state index in [1.54, 1.807) is 29.2 Å². The van der Waals surface area contributed by atoms with Gasteiger partial charge in [0.25, 0.3) is 5.91 Å². The van der Waals surface area contributed by atoms with Crippen molar-refractivity contribution in [2.45, 2.75) is 24.7 Å². The average molecular weight is 490 g/mol. The van der Waals surface area contributed by atoms with Crippen LogP contribution >= 0.6 is 11.6 Å². The number of hydrogen-bond donors (Lipinski definition) is 1. The van der Waals surface area contributed by atoms with Crippen LogP contribution in [0.4, 0.5) is 24.7 Å². The van der Waals surface area contributed by atoms with Crippen molar-refractivity contribution in [2.24, 2.45) is 0 Å². The van der Waals surface area contributed by atoms with Gasteiger partial charge in [-0.3, -0.25) is 4.79 Å². The van der Waals surface area contributed by atoms with Crippen LogP contribution in [0.5, 0.6) is 0 Å². The number of alkyl halides is 3. The van der Waals surface area contributed by atoms with Gasteiger partial charge in [-0.1, -0.05) is 41.9 Å². The Kier molecular flexibility index (Phi) is 5.89. The first-order chi connectivity index (χ1) is 16.3. The van der Waals surface area contributed by atoms with Crippen molar-refractivity contribution in [1.29, 1.82) is 0 Å². The molecule has 0 spiro atoms. The third kappa shape index (κ3) is 4.44. The Bertz CT molecular complexity index is 1160. The summed E-state index contributed by atoms with van der Waals surface area (Å²) in [7, 11) is 0. The number of amides is 1. The zero-order valence-electron chi connectivity index (χ0n) is 18.2. The minimum atomic E-state index is -4.50. The Labute approximate surface area is 199 Å². The van der Waals surface area contributed by atoms with Gasteiger partial charge in [0.1, 0.15) is 5.82 Å². The zero-order chi connectivity index (χ0) is 23.9. The fraction of sp³-hybridized carbons (Fsp3) is 0.333. The van der Waals surface area contributed by atoms with Gasteiger partial charge in [0.2, 0.25) is 0 Å². The summed E-state index contributed by atoms with van der Waals surface area (Å²) in [5.41, 5.74) is 1.79. The molecule has 0 radical (unpaired) electrons. The van der Waals surface area contributed by atoms with E-state index in [0.717, 1.165) is 10.4 Å². The molecule has 2 aromatic carbocycles. The maximum absolute atomic E-state index is 13.9.